The van der Waals surface area contributed by atoms with Gasteiger partial charge in [0.1, 0.15) is 19.3 Å². The molecule has 0 aliphatic rings. The van der Waals surface area contributed by atoms with Gasteiger partial charge in [-0.15, -0.1) is 0 Å². The Morgan fingerprint density at radius 3 is 0.964 bits per heavy atom. The van der Waals surface area contributed by atoms with Crippen LogP contribution in [0.2, 0.25) is 0 Å². The summed E-state index contributed by atoms with van der Waals surface area (Å²) in [6.45, 7) is 11.5. The van der Waals surface area contributed by atoms with Crippen LogP contribution < -0.4 is 0 Å². The average molecular weight is 1240 g/mol. The Balaban J connectivity index is 5.26. The van der Waals surface area contributed by atoms with Gasteiger partial charge in [0.05, 0.1) is 26.4 Å². The fourth-order valence-corrected chi connectivity index (χ4v) is 10.7. The summed E-state index contributed by atoms with van der Waals surface area (Å²) in [5.41, 5.74) is 0. The second-order valence-corrected chi connectivity index (χ2v) is 27.2. The van der Waals surface area contributed by atoms with E-state index >= 15 is 0 Å². The lowest BCUT2D eigenvalue weighted by Crippen LogP contribution is -2.30. The number of aliphatic hydroxyl groups is 1. The first kappa shape index (κ1) is 81.5. The Labute approximate surface area is 510 Å². The zero-order valence-corrected chi connectivity index (χ0v) is 55.6. The van der Waals surface area contributed by atoms with E-state index in [1.54, 1.807) is 0 Å². The van der Waals surface area contributed by atoms with Crippen molar-refractivity contribution in [1.82, 2.24) is 0 Å². The Morgan fingerprint density at radius 1 is 0.369 bits per heavy atom. The molecule has 0 rings (SSSR count). The van der Waals surface area contributed by atoms with E-state index in [2.05, 4.69) is 72.8 Å². The molecule has 0 saturated heterocycles. The minimum atomic E-state index is -4.95. The fraction of sp³-hybridized carbons (Fsp3) is 0.877. The molecule has 84 heavy (non-hydrogen) atoms. The molecule has 0 aromatic carbocycles. The summed E-state index contributed by atoms with van der Waals surface area (Å²) in [7, 11) is -9.90. The van der Waals surface area contributed by atoms with E-state index in [0.29, 0.717) is 43.4 Å². The topological polar surface area (TPSA) is 237 Å². The van der Waals surface area contributed by atoms with Gasteiger partial charge in [-0.05, 0) is 69.1 Å². The largest absolute Gasteiger partial charge is 0.472 e. The third-order valence-electron chi connectivity index (χ3n) is 14.3. The van der Waals surface area contributed by atoms with Crippen molar-refractivity contribution in [2.75, 3.05) is 39.6 Å². The maximum atomic E-state index is 13.0. The Bertz CT molecular complexity index is 1760. The van der Waals surface area contributed by atoms with E-state index in [4.69, 9.17) is 37.0 Å². The lowest BCUT2D eigenvalue weighted by Gasteiger charge is -2.21. The molecule has 0 radical (unpaired) electrons. The highest BCUT2D eigenvalue weighted by Gasteiger charge is 2.30. The number of rotatable bonds is 61. The number of aliphatic hydroxyl groups excluding tert-OH is 1. The fourth-order valence-electron chi connectivity index (χ4n) is 9.12. The molecule has 0 fully saturated rings. The van der Waals surface area contributed by atoms with E-state index in [1.807, 2.05) is 0 Å². The van der Waals surface area contributed by atoms with Gasteiger partial charge in [-0.25, -0.2) is 9.13 Å². The van der Waals surface area contributed by atoms with E-state index in [-0.39, 0.29) is 25.7 Å². The van der Waals surface area contributed by atoms with Crippen LogP contribution in [-0.2, 0) is 65.4 Å². The number of allylic oxidation sites excluding steroid dienone is 4. The molecule has 0 saturated carbocycles. The predicted octanol–water partition coefficient (Wildman–Crippen LogP) is 17.4. The van der Waals surface area contributed by atoms with Crippen LogP contribution in [0.3, 0.4) is 0 Å². The molecule has 0 aromatic rings. The molecule has 2 unspecified atom stereocenters. The molecule has 19 heteroatoms. The van der Waals surface area contributed by atoms with E-state index < -0.39 is 97.5 Å². The van der Waals surface area contributed by atoms with Crippen molar-refractivity contribution in [2.45, 2.75) is 311 Å². The minimum absolute atomic E-state index is 0.0968. The molecule has 0 bridgehead atoms. The van der Waals surface area contributed by atoms with Crippen molar-refractivity contribution in [1.29, 1.82) is 0 Å². The molecule has 3 N–H and O–H groups in total. The van der Waals surface area contributed by atoms with Crippen LogP contribution in [0.25, 0.3) is 0 Å². The van der Waals surface area contributed by atoms with Gasteiger partial charge in [0.25, 0.3) is 0 Å². The van der Waals surface area contributed by atoms with Crippen molar-refractivity contribution in [3.8, 4) is 0 Å². The molecule has 0 amide bonds. The smallest absolute Gasteiger partial charge is 0.462 e. The van der Waals surface area contributed by atoms with Gasteiger partial charge in [0.15, 0.2) is 12.2 Å². The standard InChI is InChI=1S/C65H122O17P2/c1-8-9-10-11-12-13-14-15-16-17-18-19-23-32-39-46-62(67)75-52-60(81-64(69)48-41-34-24-21-20-22-29-36-43-56(2)3)54-79-83(71,72)77-50-59(66)51-78-84(73,74)80-55-61(82-65(70)49-42-35-28-26-31-38-45-58(6)7)53-76-63(68)47-40-33-27-25-30-37-44-57(4)5/h13-16,56-61,66H,8-12,17-55H2,1-7H3,(H,71,72)(H,73,74)/b14-13-,16-15-/t59-,60-,61-/m1/s1. The number of carbonyl (C=O) groups is 4. The van der Waals surface area contributed by atoms with Gasteiger partial charge in [-0.1, -0.05) is 240 Å². The van der Waals surface area contributed by atoms with Crippen LogP contribution >= 0.6 is 15.6 Å². The second-order valence-electron chi connectivity index (χ2n) is 24.2. The summed E-state index contributed by atoms with van der Waals surface area (Å²) >= 11 is 0. The SMILES string of the molecule is CCCCCC/C=C\C=C/CCCCCCCC(=O)OC[C@H](COP(=O)(O)OC[C@@H](O)COP(=O)(O)OC[C@@H](COC(=O)CCCCCCCCC(C)C)OC(=O)CCCCCCCCC(C)C)OC(=O)CCCCCCCCCCC(C)C. The van der Waals surface area contributed by atoms with E-state index in [9.17, 15) is 43.2 Å². The summed E-state index contributed by atoms with van der Waals surface area (Å²) in [4.78, 5) is 72.1. The number of phosphoric ester groups is 2. The maximum absolute atomic E-state index is 13.0. The second kappa shape index (κ2) is 55.8. The van der Waals surface area contributed by atoms with E-state index in [1.165, 1.54) is 77.0 Å². The summed E-state index contributed by atoms with van der Waals surface area (Å²) in [6, 6.07) is 0. The van der Waals surface area contributed by atoms with Gasteiger partial charge in [0, 0.05) is 25.7 Å². The van der Waals surface area contributed by atoms with Gasteiger partial charge in [-0.2, -0.15) is 0 Å². The Hall–Kier alpha value is -2.46. The summed E-state index contributed by atoms with van der Waals surface area (Å²) in [5.74, 6) is -0.112. The number of phosphoric acid groups is 2. The molecular formula is C65H122O17P2. The molecule has 0 aromatic heterocycles. The van der Waals surface area contributed by atoms with E-state index in [0.717, 1.165) is 116 Å². The third kappa shape index (κ3) is 58.6. The quantitative estimate of drug-likeness (QED) is 0.0169. The zero-order valence-electron chi connectivity index (χ0n) is 53.8. The number of unbranched alkanes of at least 4 members (excludes halogenated alkanes) is 26. The van der Waals surface area contributed by atoms with Crippen LogP contribution in [-0.4, -0.2) is 96.7 Å². The first-order chi connectivity index (χ1) is 40.2. The lowest BCUT2D eigenvalue weighted by atomic mass is 10.0. The van der Waals surface area contributed by atoms with Gasteiger partial charge in [0.2, 0.25) is 0 Å². The van der Waals surface area contributed by atoms with Crippen LogP contribution in [0.15, 0.2) is 24.3 Å². The lowest BCUT2D eigenvalue weighted by molar-refractivity contribution is -0.161. The Kier molecular flexibility index (Phi) is 54.2. The summed E-state index contributed by atoms with van der Waals surface area (Å²) in [6.07, 6.45) is 40.2. The predicted molar refractivity (Wildman–Crippen MR) is 335 cm³/mol. The van der Waals surface area contributed by atoms with Crippen molar-refractivity contribution in [3.63, 3.8) is 0 Å². The highest BCUT2D eigenvalue weighted by molar-refractivity contribution is 7.47. The zero-order chi connectivity index (χ0) is 62.4. The third-order valence-corrected chi connectivity index (χ3v) is 16.2. The molecule has 0 aliphatic heterocycles. The van der Waals surface area contributed by atoms with Crippen LogP contribution in [0.4, 0.5) is 0 Å². The van der Waals surface area contributed by atoms with Gasteiger partial charge >= 0.3 is 39.5 Å². The number of hydrogen-bond acceptors (Lipinski definition) is 15. The first-order valence-corrected chi connectivity index (χ1v) is 36.2. The number of esters is 4. The molecule has 0 heterocycles. The van der Waals surface area contributed by atoms with Crippen molar-refractivity contribution in [3.05, 3.63) is 24.3 Å². The maximum Gasteiger partial charge on any atom is 0.472 e. The molecule has 5 atom stereocenters. The van der Waals surface area contributed by atoms with Crippen LogP contribution in [0.1, 0.15) is 292 Å². The van der Waals surface area contributed by atoms with Gasteiger partial charge in [-0.3, -0.25) is 37.3 Å². The molecule has 17 nitrogen and oxygen atoms in total. The number of ether oxygens (including phenoxy) is 4. The molecule has 0 spiro atoms. The van der Waals surface area contributed by atoms with Crippen molar-refractivity contribution >= 4 is 39.5 Å². The number of hydrogen-bond donors (Lipinski definition) is 3. The monoisotopic (exact) mass is 1240 g/mol. The average Bonchev–Trinajstić information content (AvgIpc) is 3.47. The van der Waals surface area contributed by atoms with Crippen LogP contribution in [0.5, 0.6) is 0 Å². The van der Waals surface area contributed by atoms with Crippen LogP contribution in [0, 0.1) is 17.8 Å². The highest BCUT2D eigenvalue weighted by atomic mass is 31.2. The Morgan fingerprint density at radius 2 is 0.643 bits per heavy atom. The number of carbonyl (C=O) groups excluding carboxylic acids is 4. The summed E-state index contributed by atoms with van der Waals surface area (Å²) in [5, 5.41) is 10.5. The van der Waals surface area contributed by atoms with Crippen molar-refractivity contribution < 1.29 is 80.2 Å². The highest BCUT2D eigenvalue weighted by Crippen LogP contribution is 2.45. The molecular weight excluding hydrogens is 1110 g/mol. The summed E-state index contributed by atoms with van der Waals surface area (Å²) < 4.78 is 67.9. The van der Waals surface area contributed by atoms with Crippen molar-refractivity contribution in [2.24, 2.45) is 17.8 Å². The minimum Gasteiger partial charge on any atom is -0.462 e. The molecule has 494 valence electrons. The normalized spacial score (nSPS) is 14.5. The first-order valence-electron chi connectivity index (χ1n) is 33.2. The molecule has 0 aliphatic carbocycles. The van der Waals surface area contributed by atoms with Gasteiger partial charge < -0.3 is 33.8 Å².